The lowest BCUT2D eigenvalue weighted by molar-refractivity contribution is 0.0946. The predicted octanol–water partition coefficient (Wildman–Crippen LogP) is 2.33. The molecule has 3 aromatic rings. The molecular weight excluding hydrogens is 323 g/mol. The lowest BCUT2D eigenvalue weighted by Crippen LogP contribution is -2.32. The van der Waals surface area contributed by atoms with E-state index in [0.29, 0.717) is 29.4 Å². The second-order valence-corrected chi connectivity index (χ2v) is 6.06. The van der Waals surface area contributed by atoms with Gasteiger partial charge in [-0.15, -0.1) is 0 Å². The van der Waals surface area contributed by atoms with Gasteiger partial charge in [-0.25, -0.2) is 4.39 Å². The van der Waals surface area contributed by atoms with Crippen LogP contribution in [-0.4, -0.2) is 15.6 Å². The molecule has 0 saturated heterocycles. The van der Waals surface area contributed by atoms with Gasteiger partial charge in [0.15, 0.2) is 0 Å². The van der Waals surface area contributed by atoms with Crippen LogP contribution in [0.5, 0.6) is 5.75 Å². The number of carbonyl (C=O) groups excluding carboxylic acids is 1. The van der Waals surface area contributed by atoms with Crippen molar-refractivity contribution in [1.82, 2.24) is 9.88 Å². The molecule has 0 spiro atoms. The predicted molar refractivity (Wildman–Crippen MR) is 91.1 cm³/mol. The standard InChI is InChI=1S/C19H15FN2O3/c20-13-5-1-3-11(9-13)10-21-18(24)15-17(23)14-6-2-4-12-7-8-22(16(12)14)19(15)25/h1-6,9,23H,7-8,10H2,(H,21,24). The van der Waals surface area contributed by atoms with E-state index in [1.54, 1.807) is 24.3 Å². The van der Waals surface area contributed by atoms with Gasteiger partial charge in [0.25, 0.3) is 11.5 Å². The normalized spacial score (nSPS) is 12.5. The molecule has 1 aliphatic heterocycles. The summed E-state index contributed by atoms with van der Waals surface area (Å²) in [6, 6.07) is 11.2. The van der Waals surface area contributed by atoms with Gasteiger partial charge in [0.1, 0.15) is 17.1 Å². The van der Waals surface area contributed by atoms with E-state index in [1.165, 1.54) is 16.7 Å². The van der Waals surface area contributed by atoms with Crippen LogP contribution < -0.4 is 10.9 Å². The van der Waals surface area contributed by atoms with E-state index < -0.39 is 17.3 Å². The van der Waals surface area contributed by atoms with Gasteiger partial charge in [0.05, 0.1) is 5.52 Å². The summed E-state index contributed by atoms with van der Waals surface area (Å²) in [5.41, 5.74) is 1.46. The zero-order valence-electron chi connectivity index (χ0n) is 13.3. The van der Waals surface area contributed by atoms with Crippen LogP contribution in [-0.2, 0) is 19.5 Å². The molecule has 4 rings (SSSR count). The number of aryl methyl sites for hydroxylation is 2. The Hall–Kier alpha value is -3.15. The first-order valence-electron chi connectivity index (χ1n) is 7.96. The Morgan fingerprint density at radius 1 is 1.24 bits per heavy atom. The van der Waals surface area contributed by atoms with Crippen LogP contribution in [0.15, 0.2) is 47.3 Å². The first-order chi connectivity index (χ1) is 12.1. The summed E-state index contributed by atoms with van der Waals surface area (Å²) in [5.74, 6) is -1.38. The molecule has 2 N–H and O–H groups in total. The Morgan fingerprint density at radius 3 is 2.84 bits per heavy atom. The van der Waals surface area contributed by atoms with E-state index >= 15 is 0 Å². The van der Waals surface area contributed by atoms with E-state index in [-0.39, 0.29) is 17.9 Å². The van der Waals surface area contributed by atoms with Crippen LogP contribution in [0.3, 0.4) is 0 Å². The van der Waals surface area contributed by atoms with Gasteiger partial charge in [0.2, 0.25) is 0 Å². The molecule has 0 radical (unpaired) electrons. The van der Waals surface area contributed by atoms with Gasteiger partial charge >= 0.3 is 0 Å². The maximum Gasteiger partial charge on any atom is 0.267 e. The molecule has 126 valence electrons. The van der Waals surface area contributed by atoms with Crippen LogP contribution in [0.2, 0.25) is 0 Å². The second kappa shape index (κ2) is 5.73. The summed E-state index contributed by atoms with van der Waals surface area (Å²) >= 11 is 0. The van der Waals surface area contributed by atoms with Gasteiger partial charge in [-0.3, -0.25) is 9.59 Å². The highest BCUT2D eigenvalue weighted by Gasteiger charge is 2.25. The molecule has 0 bridgehead atoms. The molecule has 2 aromatic carbocycles. The quantitative estimate of drug-likeness (QED) is 0.770. The lowest BCUT2D eigenvalue weighted by Gasteiger charge is -2.11. The van der Waals surface area contributed by atoms with Crippen molar-refractivity contribution in [2.24, 2.45) is 0 Å². The highest BCUT2D eigenvalue weighted by Crippen LogP contribution is 2.31. The number of halogens is 1. The second-order valence-electron chi connectivity index (χ2n) is 6.06. The van der Waals surface area contributed by atoms with Crippen molar-refractivity contribution in [3.8, 4) is 5.75 Å². The molecule has 1 amide bonds. The number of nitrogens with one attached hydrogen (secondary N) is 1. The fourth-order valence-corrected chi connectivity index (χ4v) is 3.34. The van der Waals surface area contributed by atoms with Crippen molar-refractivity contribution in [3.05, 3.63) is 75.3 Å². The van der Waals surface area contributed by atoms with Crippen LogP contribution in [0.25, 0.3) is 10.9 Å². The zero-order chi connectivity index (χ0) is 17.6. The zero-order valence-corrected chi connectivity index (χ0v) is 13.3. The first kappa shape index (κ1) is 15.4. The molecule has 0 atom stereocenters. The van der Waals surface area contributed by atoms with Crippen molar-refractivity contribution in [3.63, 3.8) is 0 Å². The van der Waals surface area contributed by atoms with Gasteiger partial charge in [-0.05, 0) is 35.7 Å². The number of hydrogen-bond acceptors (Lipinski definition) is 3. The maximum atomic E-state index is 13.2. The Kier molecular flexibility index (Phi) is 3.53. The number of benzene rings is 2. The summed E-state index contributed by atoms with van der Waals surface area (Å²) in [5, 5.41) is 13.6. The van der Waals surface area contributed by atoms with Gasteiger partial charge in [0, 0.05) is 18.5 Å². The number of carbonyl (C=O) groups is 1. The van der Waals surface area contributed by atoms with E-state index in [0.717, 1.165) is 5.56 Å². The molecule has 1 aliphatic rings. The minimum Gasteiger partial charge on any atom is -0.506 e. The average Bonchev–Trinajstić information content (AvgIpc) is 3.03. The minimum atomic E-state index is -0.672. The van der Waals surface area contributed by atoms with Gasteiger partial charge in [-0.1, -0.05) is 24.3 Å². The number of rotatable bonds is 3. The highest BCUT2D eigenvalue weighted by molar-refractivity contribution is 6.03. The SMILES string of the molecule is O=C(NCc1cccc(F)c1)c1c(O)c2cccc3c2n(c1=O)CC3. The third kappa shape index (κ3) is 2.46. The lowest BCUT2D eigenvalue weighted by atomic mass is 10.1. The summed E-state index contributed by atoms with van der Waals surface area (Å²) in [6.07, 6.45) is 0.695. The van der Waals surface area contributed by atoms with Crippen molar-refractivity contribution in [2.45, 2.75) is 19.5 Å². The third-order valence-corrected chi connectivity index (χ3v) is 4.51. The molecule has 0 saturated carbocycles. The van der Waals surface area contributed by atoms with E-state index in [1.807, 2.05) is 6.07 Å². The monoisotopic (exact) mass is 338 g/mol. The summed E-state index contributed by atoms with van der Waals surface area (Å²) < 4.78 is 14.7. The summed E-state index contributed by atoms with van der Waals surface area (Å²) in [4.78, 5) is 25.2. The Labute approximate surface area is 142 Å². The highest BCUT2D eigenvalue weighted by atomic mass is 19.1. The Bertz CT molecular complexity index is 1070. The maximum absolute atomic E-state index is 13.2. The van der Waals surface area contributed by atoms with Gasteiger partial charge in [-0.2, -0.15) is 0 Å². The summed E-state index contributed by atoms with van der Waals surface area (Å²) in [6.45, 7) is 0.548. The number of para-hydroxylation sites is 1. The molecule has 6 heteroatoms. The first-order valence-corrected chi connectivity index (χ1v) is 7.96. The number of aromatic nitrogens is 1. The Morgan fingerprint density at radius 2 is 2.04 bits per heavy atom. The van der Waals surface area contributed by atoms with Crippen molar-refractivity contribution < 1.29 is 14.3 Å². The number of aromatic hydroxyl groups is 1. The van der Waals surface area contributed by atoms with E-state index in [2.05, 4.69) is 5.32 Å². The van der Waals surface area contributed by atoms with Crippen LogP contribution >= 0.6 is 0 Å². The topological polar surface area (TPSA) is 71.3 Å². The van der Waals surface area contributed by atoms with E-state index in [9.17, 15) is 19.1 Å². The van der Waals surface area contributed by atoms with Crippen molar-refractivity contribution in [2.75, 3.05) is 0 Å². The Balaban J connectivity index is 1.72. The number of pyridine rings is 1. The molecule has 0 aliphatic carbocycles. The van der Waals surface area contributed by atoms with Crippen LogP contribution in [0.1, 0.15) is 21.5 Å². The van der Waals surface area contributed by atoms with Crippen LogP contribution in [0, 0.1) is 5.82 Å². The molecule has 1 aromatic heterocycles. The molecule has 0 unspecified atom stereocenters. The molecule has 2 heterocycles. The minimum absolute atomic E-state index is 0.0630. The molecular formula is C19H15FN2O3. The summed E-state index contributed by atoms with van der Waals surface area (Å²) in [7, 11) is 0. The average molecular weight is 338 g/mol. The van der Waals surface area contributed by atoms with Crippen LogP contribution in [0.4, 0.5) is 4.39 Å². The number of amides is 1. The molecule has 25 heavy (non-hydrogen) atoms. The molecule has 0 fully saturated rings. The molecule has 5 nitrogen and oxygen atoms in total. The third-order valence-electron chi connectivity index (χ3n) is 4.51. The smallest absolute Gasteiger partial charge is 0.267 e. The number of nitrogens with zero attached hydrogens (tertiary/aromatic N) is 1. The van der Waals surface area contributed by atoms with Gasteiger partial charge < -0.3 is 15.0 Å². The largest absolute Gasteiger partial charge is 0.506 e. The fourth-order valence-electron chi connectivity index (χ4n) is 3.34. The number of hydrogen-bond donors (Lipinski definition) is 2. The fraction of sp³-hybridized carbons (Fsp3) is 0.158. The van der Waals surface area contributed by atoms with E-state index in [4.69, 9.17) is 0 Å². The van der Waals surface area contributed by atoms with Crippen molar-refractivity contribution >= 4 is 16.8 Å². The van der Waals surface area contributed by atoms with Crippen molar-refractivity contribution in [1.29, 1.82) is 0 Å².